The molecular formula is C7H19NaO5S. The summed E-state index contributed by atoms with van der Waals surface area (Å²) in [6, 6.07) is 0. The molecule has 0 saturated carbocycles. The summed E-state index contributed by atoms with van der Waals surface area (Å²) >= 11 is 0. The van der Waals surface area contributed by atoms with Crippen LogP contribution in [-0.2, 0) is 14.9 Å². The fourth-order valence-corrected chi connectivity index (χ4v) is 0.836. The SMILES string of the molecule is CCC(O)S(=O)(=O)O.CCOCC.[NaH]. The van der Waals surface area contributed by atoms with Crippen LogP contribution in [0.3, 0.4) is 0 Å². The molecule has 0 aromatic rings. The van der Waals surface area contributed by atoms with E-state index in [9.17, 15) is 8.42 Å². The Morgan fingerprint density at radius 3 is 1.57 bits per heavy atom. The molecule has 0 amide bonds. The van der Waals surface area contributed by atoms with Crippen molar-refractivity contribution in [1.29, 1.82) is 0 Å². The molecular weight excluding hydrogens is 219 g/mol. The first-order valence-corrected chi connectivity index (χ1v) is 5.62. The van der Waals surface area contributed by atoms with Gasteiger partial charge in [0.15, 0.2) is 5.44 Å². The maximum atomic E-state index is 9.87. The quantitative estimate of drug-likeness (QED) is 0.532. The second-order valence-electron chi connectivity index (χ2n) is 2.16. The molecule has 0 saturated heterocycles. The van der Waals surface area contributed by atoms with Crippen LogP contribution in [0.25, 0.3) is 0 Å². The summed E-state index contributed by atoms with van der Waals surface area (Å²) in [6.07, 6.45) is 0.0127. The van der Waals surface area contributed by atoms with Crippen molar-refractivity contribution in [3.8, 4) is 0 Å². The summed E-state index contributed by atoms with van der Waals surface area (Å²) in [5.74, 6) is 0. The van der Waals surface area contributed by atoms with Crippen molar-refractivity contribution in [1.82, 2.24) is 0 Å². The second kappa shape index (κ2) is 11.9. The fourth-order valence-electron chi connectivity index (χ4n) is 0.415. The van der Waals surface area contributed by atoms with Gasteiger partial charge in [-0.05, 0) is 20.3 Å². The fraction of sp³-hybridized carbons (Fsp3) is 1.00. The minimum atomic E-state index is -4.20. The molecule has 1 unspecified atom stereocenters. The van der Waals surface area contributed by atoms with E-state index >= 15 is 0 Å². The van der Waals surface area contributed by atoms with E-state index in [1.165, 1.54) is 6.92 Å². The van der Waals surface area contributed by atoms with Crippen LogP contribution in [0.5, 0.6) is 0 Å². The van der Waals surface area contributed by atoms with Gasteiger partial charge in [-0.15, -0.1) is 0 Å². The van der Waals surface area contributed by atoms with Gasteiger partial charge in [-0.1, -0.05) is 6.92 Å². The molecule has 1 atom stereocenters. The van der Waals surface area contributed by atoms with Crippen LogP contribution in [-0.4, -0.2) is 66.3 Å². The predicted molar refractivity (Wildman–Crippen MR) is 57.2 cm³/mol. The van der Waals surface area contributed by atoms with E-state index < -0.39 is 15.6 Å². The first-order valence-electron chi connectivity index (χ1n) is 4.12. The van der Waals surface area contributed by atoms with Gasteiger partial charge in [-0.2, -0.15) is 8.42 Å². The summed E-state index contributed by atoms with van der Waals surface area (Å²) < 4.78 is 32.6. The van der Waals surface area contributed by atoms with Gasteiger partial charge in [0.2, 0.25) is 0 Å². The van der Waals surface area contributed by atoms with Crippen LogP contribution in [0.4, 0.5) is 0 Å². The Hall–Kier alpha value is 0.830. The molecule has 0 radical (unpaired) electrons. The molecule has 0 spiro atoms. The monoisotopic (exact) mass is 238 g/mol. The Morgan fingerprint density at radius 1 is 1.21 bits per heavy atom. The van der Waals surface area contributed by atoms with E-state index in [1.807, 2.05) is 13.8 Å². The van der Waals surface area contributed by atoms with Gasteiger partial charge in [0, 0.05) is 13.2 Å². The molecule has 0 aromatic heterocycles. The average molecular weight is 238 g/mol. The van der Waals surface area contributed by atoms with Gasteiger partial charge in [0.1, 0.15) is 0 Å². The maximum absolute atomic E-state index is 9.87. The summed E-state index contributed by atoms with van der Waals surface area (Å²) in [5.41, 5.74) is -1.62. The average Bonchev–Trinajstić information content (AvgIpc) is 2.04. The Morgan fingerprint density at radius 2 is 1.57 bits per heavy atom. The van der Waals surface area contributed by atoms with Gasteiger partial charge in [-0.3, -0.25) is 4.55 Å². The predicted octanol–water partition coefficient (Wildman–Crippen LogP) is -0.00310. The zero-order chi connectivity index (χ0) is 10.9. The van der Waals surface area contributed by atoms with Crippen LogP contribution >= 0.6 is 0 Å². The molecule has 0 bridgehead atoms. The van der Waals surface area contributed by atoms with E-state index in [0.29, 0.717) is 0 Å². The number of ether oxygens (including phenoxy) is 1. The van der Waals surface area contributed by atoms with E-state index in [1.54, 1.807) is 0 Å². The second-order valence-corrected chi connectivity index (χ2v) is 3.73. The topological polar surface area (TPSA) is 83.8 Å². The normalized spacial score (nSPS) is 12.1. The van der Waals surface area contributed by atoms with Crippen molar-refractivity contribution in [2.45, 2.75) is 32.6 Å². The number of hydrogen-bond acceptors (Lipinski definition) is 4. The molecule has 2 N–H and O–H groups in total. The molecule has 0 heterocycles. The zero-order valence-electron chi connectivity index (χ0n) is 8.23. The minimum absolute atomic E-state index is 0. The number of aliphatic hydroxyl groups is 1. The molecule has 5 nitrogen and oxygen atoms in total. The molecule has 0 aromatic carbocycles. The van der Waals surface area contributed by atoms with Crippen LogP contribution < -0.4 is 0 Å². The molecule has 0 fully saturated rings. The first kappa shape index (κ1) is 20.3. The van der Waals surface area contributed by atoms with Crippen LogP contribution in [0.1, 0.15) is 27.2 Å². The summed E-state index contributed by atoms with van der Waals surface area (Å²) in [6.45, 7) is 7.12. The third-order valence-corrected chi connectivity index (χ3v) is 2.12. The summed E-state index contributed by atoms with van der Waals surface area (Å²) in [4.78, 5) is 0. The van der Waals surface area contributed by atoms with Crippen molar-refractivity contribution in [2.24, 2.45) is 0 Å². The van der Waals surface area contributed by atoms with Crippen LogP contribution in [0.2, 0.25) is 0 Å². The number of hydrogen-bond donors (Lipinski definition) is 2. The third kappa shape index (κ3) is 15.3. The molecule has 0 aliphatic rings. The molecule has 0 aliphatic heterocycles. The van der Waals surface area contributed by atoms with Gasteiger partial charge in [-0.25, -0.2) is 0 Å². The van der Waals surface area contributed by atoms with Crippen molar-refractivity contribution >= 4 is 39.7 Å². The molecule has 14 heavy (non-hydrogen) atoms. The standard InChI is InChI=1S/C4H10O.C3H8O4S.Na.H/c1-3-5-4-2;1-2-3(4)8(5,6)7;;/h3-4H2,1-2H3;3-4H,2H2,1H3,(H,5,6,7);;. The molecule has 84 valence electrons. The molecule has 0 aliphatic carbocycles. The van der Waals surface area contributed by atoms with Crippen molar-refractivity contribution in [3.05, 3.63) is 0 Å². The van der Waals surface area contributed by atoms with Crippen molar-refractivity contribution in [3.63, 3.8) is 0 Å². The van der Waals surface area contributed by atoms with Gasteiger partial charge in [0.25, 0.3) is 10.1 Å². The van der Waals surface area contributed by atoms with Crippen molar-refractivity contribution in [2.75, 3.05) is 13.2 Å². The number of aliphatic hydroxyl groups excluding tert-OH is 1. The Labute approximate surface area is 108 Å². The summed E-state index contributed by atoms with van der Waals surface area (Å²) in [7, 11) is -4.20. The Bertz CT molecular complexity index is 190. The van der Waals surface area contributed by atoms with E-state index in [0.717, 1.165) is 13.2 Å². The van der Waals surface area contributed by atoms with E-state index in [4.69, 9.17) is 14.4 Å². The third-order valence-electron chi connectivity index (χ3n) is 1.10. The first-order chi connectivity index (χ1) is 5.90. The van der Waals surface area contributed by atoms with Gasteiger partial charge in [0.05, 0.1) is 0 Å². The zero-order valence-corrected chi connectivity index (χ0v) is 9.04. The molecule has 7 heteroatoms. The van der Waals surface area contributed by atoms with Crippen LogP contribution in [0.15, 0.2) is 0 Å². The Balaban J connectivity index is -0.000000177. The number of rotatable bonds is 4. The Kier molecular flexibility index (Phi) is 17.2. The molecule has 0 rings (SSSR count). The summed E-state index contributed by atoms with van der Waals surface area (Å²) in [5, 5.41) is 8.36. The van der Waals surface area contributed by atoms with Crippen LogP contribution in [0, 0.1) is 0 Å². The van der Waals surface area contributed by atoms with Gasteiger partial charge >= 0.3 is 29.6 Å². The van der Waals surface area contributed by atoms with E-state index in [-0.39, 0.29) is 36.0 Å². The van der Waals surface area contributed by atoms with Gasteiger partial charge < -0.3 is 9.84 Å². The van der Waals surface area contributed by atoms with Crippen molar-refractivity contribution < 1.29 is 22.8 Å². The van der Waals surface area contributed by atoms with E-state index in [2.05, 4.69) is 0 Å².